The molecule has 1 atom stereocenters. The van der Waals surface area contributed by atoms with Crippen LogP contribution in [-0.2, 0) is 20.7 Å². The van der Waals surface area contributed by atoms with Gasteiger partial charge >= 0.3 is 6.09 Å². The average molecular weight is 532 g/mol. The number of hydrogen-bond acceptors (Lipinski definition) is 4. The van der Waals surface area contributed by atoms with Crippen molar-refractivity contribution in [2.45, 2.75) is 78.5 Å². The molecule has 2 N–H and O–H groups in total. The maximum atomic E-state index is 14.0. The molecule has 3 amide bonds. The van der Waals surface area contributed by atoms with Crippen molar-refractivity contribution in [1.82, 2.24) is 10.2 Å². The molecular formula is C32H41N3O4. The summed E-state index contributed by atoms with van der Waals surface area (Å²) in [6.45, 7) is 12.9. The van der Waals surface area contributed by atoms with Crippen LogP contribution in [0.1, 0.15) is 72.1 Å². The number of hydrogen-bond donors (Lipinski definition) is 2. The highest BCUT2D eigenvalue weighted by Gasteiger charge is 2.40. The molecule has 0 spiro atoms. The van der Waals surface area contributed by atoms with Gasteiger partial charge in [-0.25, -0.2) is 4.79 Å². The zero-order chi connectivity index (χ0) is 28.8. The smallest absolute Gasteiger partial charge is 0.408 e. The van der Waals surface area contributed by atoms with Gasteiger partial charge in [-0.2, -0.15) is 0 Å². The van der Waals surface area contributed by atoms with Crippen molar-refractivity contribution < 1.29 is 19.1 Å². The highest BCUT2D eigenvalue weighted by atomic mass is 16.6. The van der Waals surface area contributed by atoms with Crippen molar-refractivity contribution in [1.29, 1.82) is 0 Å². The van der Waals surface area contributed by atoms with Crippen molar-refractivity contribution >= 4 is 34.4 Å². The number of amides is 3. The van der Waals surface area contributed by atoms with E-state index in [1.54, 1.807) is 25.7 Å². The third-order valence-corrected chi connectivity index (χ3v) is 6.80. The van der Waals surface area contributed by atoms with Crippen LogP contribution in [0.2, 0.25) is 0 Å². The quantitative estimate of drug-likeness (QED) is 0.325. The number of fused-ring (bicyclic) bond motifs is 1. The molecule has 0 heterocycles. The first kappa shape index (κ1) is 29.7. The fourth-order valence-corrected chi connectivity index (χ4v) is 4.38. The molecule has 0 aromatic heterocycles. The molecule has 7 heteroatoms. The predicted molar refractivity (Wildman–Crippen MR) is 157 cm³/mol. The van der Waals surface area contributed by atoms with Crippen LogP contribution >= 0.6 is 0 Å². The maximum Gasteiger partial charge on any atom is 0.408 e. The van der Waals surface area contributed by atoms with Gasteiger partial charge in [0.05, 0.1) is 0 Å². The number of benzene rings is 3. The number of aryl methyl sites for hydroxylation is 1. The molecule has 0 aliphatic heterocycles. The molecule has 39 heavy (non-hydrogen) atoms. The van der Waals surface area contributed by atoms with E-state index in [0.29, 0.717) is 17.7 Å². The zero-order valence-electron chi connectivity index (χ0n) is 24.1. The molecule has 3 rings (SSSR count). The summed E-state index contributed by atoms with van der Waals surface area (Å²) in [5, 5.41) is 7.68. The Kier molecular flexibility index (Phi) is 9.38. The number of carbonyl (C=O) groups excluding carboxylic acids is 3. The number of ether oxygens (including phenoxy) is 1. The van der Waals surface area contributed by atoms with E-state index in [0.717, 1.165) is 22.8 Å². The standard InChI is InChI=1S/C32H41N3O4/c1-8-22-14-16-24(17-15-22)28(29(37)34-26-19-18-23-12-10-11-13-25(23)20-26)35(32(6,7)9-2)27(36)21-33-30(38)39-31(3,4)5/h10-20,28H,8-9,21H2,1-7H3,(H,33,38)(H,34,37). The number of rotatable bonds is 9. The summed E-state index contributed by atoms with van der Waals surface area (Å²) in [6.07, 6.45) is 0.768. The Morgan fingerprint density at radius 2 is 1.51 bits per heavy atom. The third kappa shape index (κ3) is 7.82. The monoisotopic (exact) mass is 531 g/mol. The molecule has 0 saturated heterocycles. The van der Waals surface area contributed by atoms with Crippen LogP contribution in [0.4, 0.5) is 10.5 Å². The maximum absolute atomic E-state index is 14.0. The van der Waals surface area contributed by atoms with Crippen molar-refractivity contribution in [2.24, 2.45) is 0 Å². The molecule has 0 bridgehead atoms. The minimum atomic E-state index is -0.926. The Morgan fingerprint density at radius 3 is 2.10 bits per heavy atom. The summed E-state index contributed by atoms with van der Waals surface area (Å²) in [5.41, 5.74) is 1.08. The predicted octanol–water partition coefficient (Wildman–Crippen LogP) is 6.62. The van der Waals surface area contributed by atoms with Gasteiger partial charge in [-0.3, -0.25) is 9.59 Å². The summed E-state index contributed by atoms with van der Waals surface area (Å²) >= 11 is 0. The van der Waals surface area contributed by atoms with E-state index in [9.17, 15) is 14.4 Å². The number of alkyl carbamates (subject to hydrolysis) is 1. The number of carbonyl (C=O) groups is 3. The molecule has 0 radical (unpaired) electrons. The second-order valence-electron chi connectivity index (χ2n) is 11.3. The van der Waals surface area contributed by atoms with Crippen molar-refractivity contribution in [3.63, 3.8) is 0 Å². The van der Waals surface area contributed by atoms with E-state index in [4.69, 9.17) is 4.74 Å². The lowest BCUT2D eigenvalue weighted by molar-refractivity contribution is -0.145. The topological polar surface area (TPSA) is 87.7 Å². The summed E-state index contributed by atoms with van der Waals surface area (Å²) in [7, 11) is 0. The first-order chi connectivity index (χ1) is 18.3. The van der Waals surface area contributed by atoms with E-state index in [1.165, 1.54) is 0 Å². The highest BCUT2D eigenvalue weighted by Crippen LogP contribution is 2.33. The van der Waals surface area contributed by atoms with Gasteiger partial charge in [0, 0.05) is 11.2 Å². The number of nitrogens with zero attached hydrogens (tertiary/aromatic N) is 1. The van der Waals surface area contributed by atoms with Gasteiger partial charge in [0.2, 0.25) is 5.91 Å². The van der Waals surface area contributed by atoms with Gasteiger partial charge in [0.15, 0.2) is 0 Å². The third-order valence-electron chi connectivity index (χ3n) is 6.80. The fraction of sp³-hybridized carbons (Fsp3) is 0.406. The molecule has 0 aliphatic carbocycles. The number of anilines is 1. The Hall–Kier alpha value is -3.87. The first-order valence-electron chi connectivity index (χ1n) is 13.5. The Balaban J connectivity index is 1.99. The van der Waals surface area contributed by atoms with Crippen LogP contribution in [0, 0.1) is 0 Å². The normalized spacial score (nSPS) is 12.5. The second-order valence-corrected chi connectivity index (χ2v) is 11.3. The van der Waals surface area contributed by atoms with E-state index in [1.807, 2.05) is 87.5 Å². The fourth-order valence-electron chi connectivity index (χ4n) is 4.38. The van der Waals surface area contributed by atoms with Crippen molar-refractivity contribution in [3.8, 4) is 0 Å². The lowest BCUT2D eigenvalue weighted by Gasteiger charge is -2.43. The van der Waals surface area contributed by atoms with Crippen LogP contribution in [-0.4, -0.2) is 40.5 Å². The van der Waals surface area contributed by atoms with Crippen LogP contribution in [0.15, 0.2) is 66.7 Å². The molecule has 3 aromatic rings. The molecule has 3 aromatic carbocycles. The Labute approximate surface area is 231 Å². The van der Waals surface area contributed by atoms with Crippen molar-refractivity contribution in [2.75, 3.05) is 11.9 Å². The molecule has 7 nitrogen and oxygen atoms in total. The SMILES string of the molecule is CCc1ccc(C(C(=O)Nc2ccc3ccccc3c2)N(C(=O)CNC(=O)OC(C)(C)C)C(C)(C)CC)cc1. The average Bonchev–Trinajstić information content (AvgIpc) is 2.89. The molecule has 0 fully saturated rings. The molecule has 0 saturated carbocycles. The number of nitrogens with one attached hydrogen (secondary N) is 2. The van der Waals surface area contributed by atoms with E-state index in [-0.39, 0.29) is 18.4 Å². The Morgan fingerprint density at radius 1 is 0.872 bits per heavy atom. The summed E-state index contributed by atoms with van der Waals surface area (Å²) in [5.74, 6) is -0.715. The molecular weight excluding hydrogens is 490 g/mol. The largest absolute Gasteiger partial charge is 0.444 e. The molecule has 0 aliphatic rings. The first-order valence-corrected chi connectivity index (χ1v) is 13.5. The van der Waals surface area contributed by atoms with Crippen LogP contribution < -0.4 is 10.6 Å². The summed E-state index contributed by atoms with van der Waals surface area (Å²) < 4.78 is 5.31. The van der Waals surface area contributed by atoms with Crippen LogP contribution in [0.25, 0.3) is 10.8 Å². The van der Waals surface area contributed by atoms with E-state index in [2.05, 4.69) is 17.6 Å². The van der Waals surface area contributed by atoms with E-state index >= 15 is 0 Å². The lowest BCUT2D eigenvalue weighted by Crippen LogP contribution is -2.55. The molecule has 208 valence electrons. The van der Waals surface area contributed by atoms with Gasteiger partial charge < -0.3 is 20.3 Å². The van der Waals surface area contributed by atoms with E-state index < -0.39 is 23.3 Å². The summed E-state index contributed by atoms with van der Waals surface area (Å²) in [4.78, 5) is 41.7. The Bertz CT molecular complexity index is 1310. The van der Waals surface area contributed by atoms with Gasteiger partial charge in [0.1, 0.15) is 18.2 Å². The lowest BCUT2D eigenvalue weighted by atomic mass is 9.92. The minimum absolute atomic E-state index is 0.300. The summed E-state index contributed by atoms with van der Waals surface area (Å²) in [6, 6.07) is 20.5. The van der Waals surface area contributed by atoms with Crippen LogP contribution in [0.5, 0.6) is 0 Å². The van der Waals surface area contributed by atoms with Crippen molar-refractivity contribution in [3.05, 3.63) is 77.9 Å². The van der Waals surface area contributed by atoms with Gasteiger partial charge in [-0.05, 0) is 81.5 Å². The highest BCUT2D eigenvalue weighted by molar-refractivity contribution is 6.00. The van der Waals surface area contributed by atoms with Crippen LogP contribution in [0.3, 0.4) is 0 Å². The minimum Gasteiger partial charge on any atom is -0.444 e. The molecule has 1 unspecified atom stereocenters. The van der Waals surface area contributed by atoms with Gasteiger partial charge in [-0.1, -0.05) is 68.4 Å². The second kappa shape index (κ2) is 12.3. The van der Waals surface area contributed by atoms with Gasteiger partial charge in [0.25, 0.3) is 5.91 Å². The zero-order valence-corrected chi connectivity index (χ0v) is 24.1. The van der Waals surface area contributed by atoms with Gasteiger partial charge in [-0.15, -0.1) is 0 Å².